The van der Waals surface area contributed by atoms with Gasteiger partial charge in [-0.2, -0.15) is 0 Å². The quantitative estimate of drug-likeness (QED) is 0.856. The highest BCUT2D eigenvalue weighted by atomic mass is 32.2. The smallest absolute Gasteiger partial charge is 0.240 e. The van der Waals surface area contributed by atoms with Crippen LogP contribution in [0.15, 0.2) is 23.1 Å². The van der Waals surface area contributed by atoms with E-state index in [2.05, 4.69) is 4.72 Å². The van der Waals surface area contributed by atoms with Gasteiger partial charge in [0, 0.05) is 0 Å². The van der Waals surface area contributed by atoms with E-state index in [4.69, 9.17) is 4.74 Å². The lowest BCUT2D eigenvalue weighted by atomic mass is 10.2. The Morgan fingerprint density at radius 1 is 1.38 bits per heavy atom. The molecule has 0 aliphatic carbocycles. The highest BCUT2D eigenvalue weighted by molar-refractivity contribution is 7.89. The van der Waals surface area contributed by atoms with E-state index in [1.165, 1.54) is 7.05 Å². The van der Waals surface area contributed by atoms with E-state index in [1.54, 1.807) is 18.2 Å². The van der Waals surface area contributed by atoms with Crippen LogP contribution in [-0.2, 0) is 10.0 Å². The van der Waals surface area contributed by atoms with Gasteiger partial charge in [-0.25, -0.2) is 13.1 Å². The second-order valence-electron chi connectivity index (χ2n) is 3.48. The molecule has 0 saturated heterocycles. The standard InChI is InChI=1S/C11H17NO3S/c1-4-7-15-11-6-5-10(8-9(11)2)16(13,14)12-3/h5-6,8,12H,4,7H2,1-3H3. The van der Waals surface area contributed by atoms with Crippen molar-refractivity contribution >= 4 is 10.0 Å². The van der Waals surface area contributed by atoms with Crippen LogP contribution in [-0.4, -0.2) is 22.1 Å². The van der Waals surface area contributed by atoms with Crippen LogP contribution in [0, 0.1) is 6.92 Å². The van der Waals surface area contributed by atoms with Gasteiger partial charge in [0.15, 0.2) is 0 Å². The normalized spacial score (nSPS) is 11.4. The van der Waals surface area contributed by atoms with Crippen LogP contribution in [0.1, 0.15) is 18.9 Å². The van der Waals surface area contributed by atoms with Gasteiger partial charge in [-0.05, 0) is 44.2 Å². The van der Waals surface area contributed by atoms with Crippen LogP contribution >= 0.6 is 0 Å². The van der Waals surface area contributed by atoms with E-state index in [1.807, 2.05) is 13.8 Å². The molecule has 5 heteroatoms. The maximum Gasteiger partial charge on any atom is 0.240 e. The number of rotatable bonds is 5. The van der Waals surface area contributed by atoms with Crippen molar-refractivity contribution in [2.24, 2.45) is 0 Å². The summed E-state index contributed by atoms with van der Waals surface area (Å²) in [6.45, 7) is 4.49. The third kappa shape index (κ3) is 2.96. The monoisotopic (exact) mass is 243 g/mol. The third-order valence-electron chi connectivity index (χ3n) is 2.19. The van der Waals surface area contributed by atoms with E-state index < -0.39 is 10.0 Å². The molecule has 0 aliphatic rings. The molecule has 0 bridgehead atoms. The molecule has 0 aromatic heterocycles. The van der Waals surface area contributed by atoms with Gasteiger partial charge in [-0.3, -0.25) is 0 Å². The molecule has 0 unspecified atom stereocenters. The molecule has 1 aromatic rings. The first-order valence-electron chi connectivity index (χ1n) is 5.18. The van der Waals surface area contributed by atoms with Gasteiger partial charge in [-0.15, -0.1) is 0 Å². The minimum atomic E-state index is -3.36. The molecule has 0 amide bonds. The maximum absolute atomic E-state index is 11.5. The lowest BCUT2D eigenvalue weighted by molar-refractivity contribution is 0.315. The molecule has 1 N–H and O–H groups in total. The molecule has 4 nitrogen and oxygen atoms in total. The Kier molecular flexibility index (Phi) is 4.32. The predicted octanol–water partition coefficient (Wildman–Crippen LogP) is 1.69. The van der Waals surface area contributed by atoms with E-state index in [0.717, 1.165) is 17.7 Å². The fraction of sp³-hybridized carbons (Fsp3) is 0.455. The molecule has 90 valence electrons. The van der Waals surface area contributed by atoms with Gasteiger partial charge >= 0.3 is 0 Å². The Hall–Kier alpha value is -1.07. The van der Waals surface area contributed by atoms with E-state index >= 15 is 0 Å². The van der Waals surface area contributed by atoms with Crippen molar-refractivity contribution in [2.45, 2.75) is 25.2 Å². The van der Waals surface area contributed by atoms with Gasteiger partial charge < -0.3 is 4.74 Å². The Bertz CT molecular complexity index is 454. The lowest BCUT2D eigenvalue weighted by Gasteiger charge is -2.09. The van der Waals surface area contributed by atoms with Crippen LogP contribution in [0.2, 0.25) is 0 Å². The second kappa shape index (κ2) is 5.32. The summed E-state index contributed by atoms with van der Waals surface area (Å²) in [6, 6.07) is 4.84. The van der Waals surface area contributed by atoms with Gasteiger partial charge in [0.05, 0.1) is 11.5 Å². The first kappa shape index (κ1) is 13.0. The highest BCUT2D eigenvalue weighted by Crippen LogP contribution is 2.21. The number of hydrogen-bond acceptors (Lipinski definition) is 3. The molecule has 1 aromatic carbocycles. The van der Waals surface area contributed by atoms with Crippen LogP contribution < -0.4 is 9.46 Å². The van der Waals surface area contributed by atoms with Crippen LogP contribution in [0.3, 0.4) is 0 Å². The summed E-state index contributed by atoms with van der Waals surface area (Å²) in [5, 5.41) is 0. The van der Waals surface area contributed by atoms with Crippen molar-refractivity contribution in [1.82, 2.24) is 4.72 Å². The van der Waals surface area contributed by atoms with Crippen molar-refractivity contribution in [3.8, 4) is 5.75 Å². The fourth-order valence-corrected chi connectivity index (χ4v) is 2.10. The predicted molar refractivity (Wildman–Crippen MR) is 63.2 cm³/mol. The molecule has 0 atom stereocenters. The number of ether oxygens (including phenoxy) is 1. The molecule has 0 fully saturated rings. The number of benzene rings is 1. The fourth-order valence-electron chi connectivity index (χ4n) is 1.28. The van der Waals surface area contributed by atoms with Crippen molar-refractivity contribution < 1.29 is 13.2 Å². The largest absolute Gasteiger partial charge is 0.493 e. The Morgan fingerprint density at radius 2 is 2.06 bits per heavy atom. The molecule has 0 aliphatic heterocycles. The van der Waals surface area contributed by atoms with Gasteiger partial charge in [0.2, 0.25) is 10.0 Å². The first-order valence-corrected chi connectivity index (χ1v) is 6.66. The first-order chi connectivity index (χ1) is 7.51. The summed E-state index contributed by atoms with van der Waals surface area (Å²) in [4.78, 5) is 0.261. The third-order valence-corrected chi connectivity index (χ3v) is 3.60. The van der Waals surface area contributed by atoms with Crippen molar-refractivity contribution in [2.75, 3.05) is 13.7 Å². The SMILES string of the molecule is CCCOc1ccc(S(=O)(=O)NC)cc1C. The van der Waals surface area contributed by atoms with Crippen molar-refractivity contribution in [3.05, 3.63) is 23.8 Å². The Balaban J connectivity index is 3.00. The number of aryl methyl sites for hydroxylation is 1. The number of hydrogen-bond donors (Lipinski definition) is 1. The summed E-state index contributed by atoms with van der Waals surface area (Å²) in [5.41, 5.74) is 0.824. The van der Waals surface area contributed by atoms with Crippen LogP contribution in [0.5, 0.6) is 5.75 Å². The highest BCUT2D eigenvalue weighted by Gasteiger charge is 2.12. The van der Waals surface area contributed by atoms with E-state index in [-0.39, 0.29) is 4.90 Å². The summed E-state index contributed by atoms with van der Waals surface area (Å²) < 4.78 is 30.8. The molecular formula is C11H17NO3S. The van der Waals surface area contributed by atoms with E-state index in [9.17, 15) is 8.42 Å². The average molecular weight is 243 g/mol. The summed E-state index contributed by atoms with van der Waals surface area (Å²) in [6.07, 6.45) is 0.927. The zero-order valence-corrected chi connectivity index (χ0v) is 10.6. The van der Waals surface area contributed by atoms with Crippen molar-refractivity contribution in [3.63, 3.8) is 0 Å². The van der Waals surface area contributed by atoms with Gasteiger partial charge in [0.1, 0.15) is 5.75 Å². The summed E-state index contributed by atoms with van der Waals surface area (Å²) in [5.74, 6) is 0.733. The summed E-state index contributed by atoms with van der Waals surface area (Å²) >= 11 is 0. The molecule has 0 spiro atoms. The number of nitrogens with one attached hydrogen (secondary N) is 1. The second-order valence-corrected chi connectivity index (χ2v) is 5.37. The minimum absolute atomic E-state index is 0.261. The zero-order valence-electron chi connectivity index (χ0n) is 9.78. The van der Waals surface area contributed by atoms with Crippen molar-refractivity contribution in [1.29, 1.82) is 0 Å². The topological polar surface area (TPSA) is 55.4 Å². The molecule has 0 saturated carbocycles. The lowest BCUT2D eigenvalue weighted by Crippen LogP contribution is -2.18. The van der Waals surface area contributed by atoms with Crippen LogP contribution in [0.4, 0.5) is 0 Å². The molecule has 16 heavy (non-hydrogen) atoms. The summed E-state index contributed by atoms with van der Waals surface area (Å²) in [7, 11) is -1.97. The number of sulfonamides is 1. The average Bonchev–Trinajstić information content (AvgIpc) is 2.27. The minimum Gasteiger partial charge on any atom is -0.493 e. The molecule has 1 rings (SSSR count). The zero-order chi connectivity index (χ0) is 12.2. The molecule has 0 heterocycles. The molecule has 0 radical (unpaired) electrons. The van der Waals surface area contributed by atoms with Gasteiger partial charge in [-0.1, -0.05) is 6.92 Å². The Labute approximate surface area is 96.7 Å². The molecular weight excluding hydrogens is 226 g/mol. The van der Waals surface area contributed by atoms with Gasteiger partial charge in [0.25, 0.3) is 0 Å². The maximum atomic E-state index is 11.5. The van der Waals surface area contributed by atoms with E-state index in [0.29, 0.717) is 6.61 Å². The Morgan fingerprint density at radius 3 is 2.56 bits per heavy atom. The van der Waals surface area contributed by atoms with Crippen LogP contribution in [0.25, 0.3) is 0 Å².